The molecule has 0 atom stereocenters. The summed E-state index contributed by atoms with van der Waals surface area (Å²) in [6, 6.07) is 5.52. The van der Waals surface area contributed by atoms with Crippen molar-refractivity contribution in [3.8, 4) is 0 Å². The summed E-state index contributed by atoms with van der Waals surface area (Å²) in [7, 11) is 2.09. The van der Waals surface area contributed by atoms with Gasteiger partial charge in [0, 0.05) is 38.9 Å². The number of amides is 1. The first-order chi connectivity index (χ1) is 15.5. The van der Waals surface area contributed by atoms with Crippen LogP contribution in [0.15, 0.2) is 34.1 Å². The van der Waals surface area contributed by atoms with Gasteiger partial charge >= 0.3 is 0 Å². The van der Waals surface area contributed by atoms with Crippen molar-refractivity contribution in [2.24, 2.45) is 0 Å². The number of hydrogen-bond acceptors (Lipinski definition) is 7. The predicted octanol–water partition coefficient (Wildman–Crippen LogP) is 3.23. The monoisotopic (exact) mass is 471 g/mol. The van der Waals surface area contributed by atoms with E-state index < -0.39 is 0 Å². The molecule has 2 aliphatic heterocycles. The molecule has 7 nitrogen and oxygen atoms in total. The number of carbonyl (C=O) groups excluding carboxylic acids is 1. The Balaban J connectivity index is 1.70. The molecular formula is C23H29N5O2S2. The van der Waals surface area contributed by atoms with Gasteiger partial charge in [-0.1, -0.05) is 56.2 Å². The molecule has 0 aromatic carbocycles. The molecule has 2 aromatic heterocycles. The predicted molar refractivity (Wildman–Crippen MR) is 135 cm³/mol. The van der Waals surface area contributed by atoms with Gasteiger partial charge < -0.3 is 9.80 Å². The fourth-order valence-electron chi connectivity index (χ4n) is 4.00. The van der Waals surface area contributed by atoms with Gasteiger partial charge in [-0.25, -0.2) is 4.98 Å². The highest BCUT2D eigenvalue weighted by Gasteiger charge is 2.32. The first-order valence-corrected chi connectivity index (χ1v) is 12.4. The largest absolute Gasteiger partial charge is 0.353 e. The topological polar surface area (TPSA) is 61.2 Å². The van der Waals surface area contributed by atoms with Crippen LogP contribution in [0, 0.1) is 0 Å². The third-order valence-electron chi connectivity index (χ3n) is 5.94. The molecule has 32 heavy (non-hydrogen) atoms. The number of piperazine rings is 1. The third kappa shape index (κ3) is 4.74. The minimum atomic E-state index is -0.169. The van der Waals surface area contributed by atoms with Crippen LogP contribution in [0.1, 0.15) is 38.2 Å². The van der Waals surface area contributed by atoms with Gasteiger partial charge in [-0.3, -0.25) is 18.9 Å². The molecule has 0 spiro atoms. The summed E-state index contributed by atoms with van der Waals surface area (Å²) >= 11 is 6.76. The number of pyridine rings is 1. The average Bonchev–Trinajstić information content (AvgIpc) is 3.06. The van der Waals surface area contributed by atoms with Crippen molar-refractivity contribution in [2.75, 3.05) is 44.7 Å². The molecule has 4 rings (SSSR count). The Morgan fingerprint density at radius 2 is 1.91 bits per heavy atom. The van der Waals surface area contributed by atoms with Crippen LogP contribution in [0.5, 0.6) is 0 Å². The van der Waals surface area contributed by atoms with E-state index in [9.17, 15) is 9.59 Å². The molecule has 9 heteroatoms. The van der Waals surface area contributed by atoms with E-state index in [-0.39, 0.29) is 11.5 Å². The van der Waals surface area contributed by atoms with Crippen LogP contribution in [0.4, 0.5) is 5.82 Å². The average molecular weight is 472 g/mol. The van der Waals surface area contributed by atoms with Crippen molar-refractivity contribution >= 4 is 51.7 Å². The maximum Gasteiger partial charge on any atom is 0.267 e. The van der Waals surface area contributed by atoms with Crippen molar-refractivity contribution < 1.29 is 4.79 Å². The lowest BCUT2D eigenvalue weighted by Gasteiger charge is -2.34. The Kier molecular flexibility index (Phi) is 7.27. The number of hydrogen-bond donors (Lipinski definition) is 0. The second-order valence-corrected chi connectivity index (χ2v) is 9.94. The summed E-state index contributed by atoms with van der Waals surface area (Å²) in [6.07, 6.45) is 7.73. The van der Waals surface area contributed by atoms with Crippen molar-refractivity contribution in [2.45, 2.75) is 32.6 Å². The normalized spacial score (nSPS) is 19.0. The summed E-state index contributed by atoms with van der Waals surface area (Å²) < 4.78 is 2.10. The Morgan fingerprint density at radius 1 is 1.12 bits per heavy atom. The van der Waals surface area contributed by atoms with E-state index in [2.05, 4.69) is 23.8 Å². The van der Waals surface area contributed by atoms with Crippen LogP contribution in [-0.4, -0.2) is 69.2 Å². The molecule has 0 aliphatic carbocycles. The van der Waals surface area contributed by atoms with Crippen LogP contribution in [-0.2, 0) is 4.79 Å². The van der Waals surface area contributed by atoms with E-state index in [1.165, 1.54) is 16.2 Å². The summed E-state index contributed by atoms with van der Waals surface area (Å²) in [5.74, 6) is 0.529. The second-order valence-electron chi connectivity index (χ2n) is 8.27. The van der Waals surface area contributed by atoms with Crippen LogP contribution >= 0.6 is 24.0 Å². The van der Waals surface area contributed by atoms with Gasteiger partial charge in [0.1, 0.15) is 15.8 Å². The molecule has 2 aliphatic rings. The van der Waals surface area contributed by atoms with E-state index in [4.69, 9.17) is 17.2 Å². The van der Waals surface area contributed by atoms with E-state index in [0.29, 0.717) is 32.8 Å². The van der Waals surface area contributed by atoms with Crippen LogP contribution in [0.25, 0.3) is 11.7 Å². The molecule has 4 heterocycles. The number of carbonyl (C=O) groups is 1. The zero-order chi connectivity index (χ0) is 22.7. The Hall–Kier alpha value is -2.23. The van der Waals surface area contributed by atoms with Crippen LogP contribution < -0.4 is 10.5 Å². The smallest absolute Gasteiger partial charge is 0.267 e. The van der Waals surface area contributed by atoms with Crippen molar-refractivity contribution in [1.29, 1.82) is 0 Å². The van der Waals surface area contributed by atoms with Crippen molar-refractivity contribution in [1.82, 2.24) is 19.2 Å². The molecule has 170 valence electrons. The highest BCUT2D eigenvalue weighted by molar-refractivity contribution is 8.26. The summed E-state index contributed by atoms with van der Waals surface area (Å²) in [5.41, 5.74) is 0.884. The number of thioether (sulfide) groups is 1. The van der Waals surface area contributed by atoms with Crippen LogP contribution in [0.3, 0.4) is 0 Å². The Morgan fingerprint density at radius 3 is 2.66 bits per heavy atom. The van der Waals surface area contributed by atoms with Crippen molar-refractivity contribution in [3.05, 3.63) is 45.2 Å². The lowest BCUT2D eigenvalue weighted by molar-refractivity contribution is -0.122. The number of aromatic nitrogens is 2. The number of rotatable bonds is 7. The summed E-state index contributed by atoms with van der Waals surface area (Å²) in [6.45, 7) is 6.15. The van der Waals surface area contributed by atoms with E-state index in [1.54, 1.807) is 17.2 Å². The van der Waals surface area contributed by atoms with Gasteiger partial charge in [-0.05, 0) is 31.7 Å². The number of anilines is 1. The first-order valence-electron chi connectivity index (χ1n) is 11.2. The maximum atomic E-state index is 13.4. The van der Waals surface area contributed by atoms with E-state index >= 15 is 0 Å². The minimum Gasteiger partial charge on any atom is -0.353 e. The number of nitrogens with zero attached hydrogens (tertiary/aromatic N) is 5. The fraction of sp³-hybridized carbons (Fsp3) is 0.478. The van der Waals surface area contributed by atoms with E-state index in [0.717, 1.165) is 51.9 Å². The quantitative estimate of drug-likeness (QED) is 0.349. The summed E-state index contributed by atoms with van der Waals surface area (Å²) in [4.78, 5) is 37.9. The number of fused-ring (bicyclic) bond motifs is 1. The molecular weight excluding hydrogens is 442 g/mol. The number of thiocarbonyl (C=S) groups is 1. The molecule has 2 aromatic rings. The molecule has 2 saturated heterocycles. The van der Waals surface area contributed by atoms with Gasteiger partial charge in [-0.15, -0.1) is 0 Å². The second kappa shape index (κ2) is 10.1. The molecule has 0 saturated carbocycles. The standard InChI is InChI=1S/C23H29N5O2S2/c1-3-4-5-7-11-28-22(30)18(32-23(28)31)16-17-20(26-14-12-25(2)13-15-26)24-19-9-6-8-10-27(19)21(17)29/h6,8-10,16H,3-5,7,11-15H2,1-2H3/b18-16+. The molecule has 0 radical (unpaired) electrons. The van der Waals surface area contributed by atoms with Gasteiger partial charge in [0.05, 0.1) is 10.5 Å². The Labute approximate surface area is 198 Å². The highest BCUT2D eigenvalue weighted by Crippen LogP contribution is 2.33. The number of likely N-dealkylation sites (N-methyl/N-ethyl adjacent to an activating group) is 1. The molecule has 0 bridgehead atoms. The zero-order valence-electron chi connectivity index (χ0n) is 18.6. The van der Waals surface area contributed by atoms with Gasteiger partial charge in [-0.2, -0.15) is 0 Å². The minimum absolute atomic E-state index is 0.113. The first kappa shape index (κ1) is 22.9. The van der Waals surface area contributed by atoms with E-state index in [1.807, 2.05) is 18.2 Å². The lowest BCUT2D eigenvalue weighted by Crippen LogP contribution is -2.45. The van der Waals surface area contributed by atoms with Crippen molar-refractivity contribution in [3.63, 3.8) is 0 Å². The highest BCUT2D eigenvalue weighted by atomic mass is 32.2. The molecule has 0 unspecified atom stereocenters. The maximum absolute atomic E-state index is 13.4. The van der Waals surface area contributed by atoms with Gasteiger partial charge in [0.25, 0.3) is 11.5 Å². The molecule has 0 N–H and O–H groups in total. The number of unbranched alkanes of at least 4 members (excludes halogenated alkanes) is 3. The molecule has 2 fully saturated rings. The Bertz CT molecular complexity index is 1110. The molecule has 1 amide bonds. The van der Waals surface area contributed by atoms with Gasteiger partial charge in [0.15, 0.2) is 0 Å². The summed E-state index contributed by atoms with van der Waals surface area (Å²) in [5, 5.41) is 0. The van der Waals surface area contributed by atoms with Crippen LogP contribution in [0.2, 0.25) is 0 Å². The zero-order valence-corrected chi connectivity index (χ0v) is 20.3. The third-order valence-corrected chi connectivity index (χ3v) is 7.31. The fourth-order valence-corrected chi connectivity index (χ4v) is 5.29. The lowest BCUT2D eigenvalue weighted by atomic mass is 10.2. The SMILES string of the molecule is CCCCCCN1C(=O)/C(=C\c2c(N3CCN(C)CC3)nc3ccccn3c2=O)SC1=S. The van der Waals surface area contributed by atoms with Gasteiger partial charge in [0.2, 0.25) is 0 Å².